The highest BCUT2D eigenvalue weighted by Crippen LogP contribution is 2.26. The molecule has 4 nitrogen and oxygen atoms in total. The topological polar surface area (TPSA) is 63.8 Å². The van der Waals surface area contributed by atoms with E-state index in [9.17, 15) is 8.78 Å². The Bertz CT molecular complexity index is 789. The van der Waals surface area contributed by atoms with Gasteiger partial charge in [-0.3, -0.25) is 0 Å². The maximum Gasteiger partial charge on any atom is 0.146 e. The number of hydrogen-bond donors (Lipinski definition) is 2. The number of fused-ring (bicyclic) bond motifs is 1. The van der Waals surface area contributed by atoms with Crippen molar-refractivity contribution in [1.29, 1.82) is 0 Å². The van der Waals surface area contributed by atoms with Crippen LogP contribution in [0.15, 0.2) is 42.7 Å². The van der Waals surface area contributed by atoms with Gasteiger partial charge in [0.05, 0.1) is 11.2 Å². The number of nitrogens with zero attached hydrogens (tertiary/aromatic N) is 2. The summed E-state index contributed by atoms with van der Waals surface area (Å²) in [6, 6.07) is 8.29. The predicted molar refractivity (Wildman–Crippen MR) is 73.6 cm³/mol. The van der Waals surface area contributed by atoms with Crippen LogP contribution in [-0.4, -0.2) is 9.97 Å². The summed E-state index contributed by atoms with van der Waals surface area (Å²) in [5, 5.41) is 3.40. The van der Waals surface area contributed by atoms with E-state index in [-0.39, 0.29) is 5.69 Å². The first-order valence-electron chi connectivity index (χ1n) is 5.86. The van der Waals surface area contributed by atoms with Gasteiger partial charge in [-0.15, -0.1) is 0 Å². The van der Waals surface area contributed by atoms with E-state index in [1.54, 1.807) is 18.2 Å². The molecule has 0 aliphatic carbocycles. The van der Waals surface area contributed by atoms with Crippen LogP contribution in [0, 0.1) is 11.6 Å². The minimum atomic E-state index is -0.568. The van der Waals surface area contributed by atoms with E-state index < -0.39 is 11.6 Å². The van der Waals surface area contributed by atoms with Crippen LogP contribution in [-0.2, 0) is 0 Å². The van der Waals surface area contributed by atoms with Gasteiger partial charge in [0.15, 0.2) is 0 Å². The van der Waals surface area contributed by atoms with E-state index in [0.717, 1.165) is 18.2 Å². The van der Waals surface area contributed by atoms with Crippen LogP contribution >= 0.6 is 0 Å². The molecule has 0 fully saturated rings. The molecule has 0 unspecified atom stereocenters. The van der Waals surface area contributed by atoms with Crippen molar-refractivity contribution >= 4 is 28.1 Å². The van der Waals surface area contributed by atoms with Gasteiger partial charge in [0.25, 0.3) is 0 Å². The lowest BCUT2D eigenvalue weighted by Gasteiger charge is -2.09. The Morgan fingerprint density at radius 2 is 1.85 bits per heavy atom. The standard InChI is InChI=1S/C14H10F2N4/c15-8-1-3-11(16)13(5-8)20-14-10-6-9(17)2-4-12(10)18-7-19-14/h1-7H,17H2,(H,18,19,20). The molecule has 3 N–H and O–H groups in total. The summed E-state index contributed by atoms with van der Waals surface area (Å²) in [6.45, 7) is 0. The Morgan fingerprint density at radius 1 is 1.00 bits per heavy atom. The van der Waals surface area contributed by atoms with Crippen molar-refractivity contribution in [3.05, 3.63) is 54.4 Å². The summed E-state index contributed by atoms with van der Waals surface area (Å²) in [4.78, 5) is 8.14. The van der Waals surface area contributed by atoms with E-state index >= 15 is 0 Å². The van der Waals surface area contributed by atoms with Gasteiger partial charge in [-0.2, -0.15) is 0 Å². The fourth-order valence-corrected chi connectivity index (χ4v) is 1.89. The molecule has 0 bridgehead atoms. The van der Waals surface area contributed by atoms with Gasteiger partial charge in [0, 0.05) is 17.1 Å². The van der Waals surface area contributed by atoms with Crippen LogP contribution in [0.25, 0.3) is 10.9 Å². The van der Waals surface area contributed by atoms with Crippen molar-refractivity contribution in [3.8, 4) is 0 Å². The number of hydrogen-bond acceptors (Lipinski definition) is 4. The first-order chi connectivity index (χ1) is 9.63. The SMILES string of the molecule is Nc1ccc2ncnc(Nc3cc(F)ccc3F)c2c1. The van der Waals surface area contributed by atoms with Gasteiger partial charge in [-0.05, 0) is 30.3 Å². The molecule has 3 aromatic rings. The zero-order valence-corrected chi connectivity index (χ0v) is 10.3. The molecule has 0 spiro atoms. The van der Waals surface area contributed by atoms with Crippen LogP contribution in [0.4, 0.5) is 26.0 Å². The lowest BCUT2D eigenvalue weighted by molar-refractivity contribution is 0.603. The third-order valence-corrected chi connectivity index (χ3v) is 2.84. The second-order valence-corrected chi connectivity index (χ2v) is 4.25. The molecular weight excluding hydrogens is 262 g/mol. The molecule has 0 atom stereocenters. The quantitative estimate of drug-likeness (QED) is 0.703. The van der Waals surface area contributed by atoms with Gasteiger partial charge in [0.1, 0.15) is 23.8 Å². The van der Waals surface area contributed by atoms with Crippen LogP contribution < -0.4 is 11.1 Å². The molecule has 0 saturated carbocycles. The minimum Gasteiger partial charge on any atom is -0.399 e. The predicted octanol–water partition coefficient (Wildman–Crippen LogP) is 3.23. The summed E-state index contributed by atoms with van der Waals surface area (Å²) in [5.74, 6) is -0.736. The van der Waals surface area contributed by atoms with E-state index in [0.29, 0.717) is 22.4 Å². The molecule has 20 heavy (non-hydrogen) atoms. The number of anilines is 3. The summed E-state index contributed by atoms with van der Waals surface area (Å²) < 4.78 is 26.8. The fourth-order valence-electron chi connectivity index (χ4n) is 1.89. The molecule has 2 aromatic carbocycles. The first-order valence-corrected chi connectivity index (χ1v) is 5.86. The molecule has 0 saturated heterocycles. The molecule has 0 amide bonds. The number of halogens is 2. The molecule has 1 heterocycles. The maximum atomic E-state index is 13.6. The number of aromatic nitrogens is 2. The molecule has 100 valence electrons. The summed E-state index contributed by atoms with van der Waals surface area (Å²) >= 11 is 0. The van der Waals surface area contributed by atoms with Gasteiger partial charge < -0.3 is 11.1 Å². The van der Waals surface area contributed by atoms with Gasteiger partial charge in [-0.1, -0.05) is 0 Å². The number of benzene rings is 2. The number of rotatable bonds is 2. The molecule has 1 aromatic heterocycles. The zero-order chi connectivity index (χ0) is 14.1. The third-order valence-electron chi connectivity index (χ3n) is 2.84. The molecule has 6 heteroatoms. The van der Waals surface area contributed by atoms with Crippen LogP contribution in [0.2, 0.25) is 0 Å². The minimum absolute atomic E-state index is 0.00687. The van der Waals surface area contributed by atoms with Gasteiger partial charge in [0.2, 0.25) is 0 Å². The van der Waals surface area contributed by atoms with Crippen molar-refractivity contribution in [2.75, 3.05) is 11.1 Å². The highest BCUT2D eigenvalue weighted by Gasteiger charge is 2.08. The van der Waals surface area contributed by atoms with E-state index in [2.05, 4.69) is 15.3 Å². The molecule has 0 aliphatic heterocycles. The van der Waals surface area contributed by atoms with Gasteiger partial charge in [-0.25, -0.2) is 18.7 Å². The summed E-state index contributed by atoms with van der Waals surface area (Å²) in [6.07, 6.45) is 1.35. The van der Waals surface area contributed by atoms with Crippen molar-refractivity contribution in [2.24, 2.45) is 0 Å². The second-order valence-electron chi connectivity index (χ2n) is 4.25. The molecule has 0 aliphatic rings. The largest absolute Gasteiger partial charge is 0.399 e. The highest BCUT2D eigenvalue weighted by atomic mass is 19.1. The summed E-state index contributed by atoms with van der Waals surface area (Å²) in [5.41, 5.74) is 6.93. The first kappa shape index (κ1) is 12.3. The fraction of sp³-hybridized carbons (Fsp3) is 0. The lowest BCUT2D eigenvalue weighted by atomic mass is 10.2. The molecule has 0 radical (unpaired) electrons. The maximum absolute atomic E-state index is 13.6. The Labute approximate surface area is 113 Å². The molecule has 3 rings (SSSR count). The van der Waals surface area contributed by atoms with Crippen molar-refractivity contribution in [3.63, 3.8) is 0 Å². The number of nitrogens with one attached hydrogen (secondary N) is 1. The van der Waals surface area contributed by atoms with E-state index in [1.807, 2.05) is 0 Å². The molecular formula is C14H10F2N4. The average molecular weight is 272 g/mol. The second kappa shape index (κ2) is 4.73. The van der Waals surface area contributed by atoms with Crippen LogP contribution in [0.5, 0.6) is 0 Å². The normalized spacial score (nSPS) is 10.7. The van der Waals surface area contributed by atoms with E-state index in [1.165, 1.54) is 6.33 Å². The van der Waals surface area contributed by atoms with Gasteiger partial charge >= 0.3 is 0 Å². The van der Waals surface area contributed by atoms with Crippen molar-refractivity contribution in [1.82, 2.24) is 9.97 Å². The highest BCUT2D eigenvalue weighted by molar-refractivity contribution is 5.92. The van der Waals surface area contributed by atoms with Crippen molar-refractivity contribution in [2.45, 2.75) is 0 Å². The zero-order valence-electron chi connectivity index (χ0n) is 10.3. The van der Waals surface area contributed by atoms with E-state index in [4.69, 9.17) is 5.73 Å². The van der Waals surface area contributed by atoms with Crippen LogP contribution in [0.3, 0.4) is 0 Å². The number of nitrogens with two attached hydrogens (primary N) is 1. The Balaban J connectivity index is 2.10. The number of nitrogen functional groups attached to an aromatic ring is 1. The summed E-state index contributed by atoms with van der Waals surface area (Å²) in [7, 11) is 0. The Morgan fingerprint density at radius 3 is 2.70 bits per heavy atom. The van der Waals surface area contributed by atoms with Crippen LogP contribution in [0.1, 0.15) is 0 Å². The Hall–Kier alpha value is -2.76. The Kier molecular flexibility index (Phi) is 2.90. The van der Waals surface area contributed by atoms with Crippen molar-refractivity contribution < 1.29 is 8.78 Å². The third kappa shape index (κ3) is 2.23. The smallest absolute Gasteiger partial charge is 0.146 e. The lowest BCUT2D eigenvalue weighted by Crippen LogP contribution is -1.99. The monoisotopic (exact) mass is 272 g/mol. The average Bonchev–Trinajstić information content (AvgIpc) is 2.43.